The predicted octanol–water partition coefficient (Wildman–Crippen LogP) is 1.33. The van der Waals surface area contributed by atoms with Gasteiger partial charge >= 0.3 is 6.09 Å². The summed E-state index contributed by atoms with van der Waals surface area (Å²) < 4.78 is 10.4. The Kier molecular flexibility index (Phi) is 9.28. The molecule has 10 nitrogen and oxygen atoms in total. The Morgan fingerprint density at radius 3 is 2.47 bits per heavy atom. The van der Waals surface area contributed by atoms with E-state index < -0.39 is 17.7 Å². The lowest BCUT2D eigenvalue weighted by Gasteiger charge is -2.32. The Balaban J connectivity index is 2.30. The normalized spacial score (nSPS) is 23.4. The van der Waals surface area contributed by atoms with Gasteiger partial charge in [0.25, 0.3) is 0 Å². The second kappa shape index (κ2) is 11.5. The van der Waals surface area contributed by atoms with Crippen LogP contribution in [0.1, 0.15) is 47.5 Å². The standard InChI is InChI=1S/C22H38N6O4/c1-6-27-9-8-22(15-23,16-27)26-18(29)17(14-21(3,4)5)24-19(25-20(30)32-7-2)28-10-12-31-13-11-28/h17H,6-14,16H2,1-5H3,(H,26,29)(H,24,25,30)/t17-,22?/m0/s1. The van der Waals surface area contributed by atoms with Crippen LogP contribution in [-0.4, -0.2) is 91.9 Å². The number of carbonyl (C=O) groups is 2. The van der Waals surface area contributed by atoms with Gasteiger partial charge in [0, 0.05) is 26.2 Å². The second-order valence-electron chi connectivity index (χ2n) is 9.48. The smallest absolute Gasteiger partial charge is 0.413 e. The fraction of sp³-hybridized carbons (Fsp3) is 0.818. The highest BCUT2D eigenvalue weighted by Crippen LogP contribution is 2.25. The minimum Gasteiger partial charge on any atom is -0.450 e. The molecule has 2 N–H and O–H groups in total. The molecule has 0 saturated carbocycles. The number of alkyl carbamates (subject to hydrolysis) is 1. The fourth-order valence-corrected chi connectivity index (χ4v) is 3.85. The molecule has 2 saturated heterocycles. The number of guanidine groups is 1. The van der Waals surface area contributed by atoms with Crippen LogP contribution in [0.4, 0.5) is 4.79 Å². The van der Waals surface area contributed by atoms with E-state index in [2.05, 4.69) is 21.6 Å². The van der Waals surface area contributed by atoms with Crippen LogP contribution in [0.25, 0.3) is 0 Å². The van der Waals surface area contributed by atoms with Gasteiger partial charge in [-0.1, -0.05) is 27.7 Å². The molecule has 0 radical (unpaired) electrons. The summed E-state index contributed by atoms with van der Waals surface area (Å²) in [4.78, 5) is 34.3. The van der Waals surface area contributed by atoms with Crippen LogP contribution in [0.15, 0.2) is 4.99 Å². The van der Waals surface area contributed by atoms with E-state index >= 15 is 0 Å². The largest absolute Gasteiger partial charge is 0.450 e. The third kappa shape index (κ3) is 7.64. The summed E-state index contributed by atoms with van der Waals surface area (Å²) in [5, 5.41) is 15.5. The molecule has 10 heteroatoms. The quantitative estimate of drug-likeness (QED) is 0.463. The zero-order chi connectivity index (χ0) is 23.8. The molecule has 0 aromatic carbocycles. The van der Waals surface area contributed by atoms with Gasteiger partial charge in [-0.3, -0.25) is 10.1 Å². The number of morpholine rings is 1. The molecule has 0 bridgehead atoms. The van der Waals surface area contributed by atoms with E-state index in [9.17, 15) is 14.9 Å². The van der Waals surface area contributed by atoms with Crippen molar-refractivity contribution in [3.05, 3.63) is 0 Å². The van der Waals surface area contributed by atoms with Gasteiger partial charge < -0.3 is 24.6 Å². The topological polar surface area (TPSA) is 119 Å². The molecule has 2 rings (SSSR count). The maximum atomic E-state index is 13.4. The Morgan fingerprint density at radius 2 is 1.94 bits per heavy atom. The molecule has 0 aliphatic carbocycles. The molecule has 32 heavy (non-hydrogen) atoms. The average Bonchev–Trinajstić information content (AvgIpc) is 3.16. The maximum Gasteiger partial charge on any atom is 0.413 e. The van der Waals surface area contributed by atoms with Crippen molar-refractivity contribution in [2.75, 3.05) is 52.5 Å². The minimum absolute atomic E-state index is 0.198. The lowest BCUT2D eigenvalue weighted by Crippen LogP contribution is -2.54. The summed E-state index contributed by atoms with van der Waals surface area (Å²) >= 11 is 0. The highest BCUT2D eigenvalue weighted by molar-refractivity contribution is 5.96. The number of likely N-dealkylation sites (N-methyl/N-ethyl adjacent to an activating group) is 1. The molecule has 2 amide bonds. The van der Waals surface area contributed by atoms with Crippen molar-refractivity contribution < 1.29 is 19.1 Å². The molecule has 0 spiro atoms. The van der Waals surface area contributed by atoms with E-state index in [1.54, 1.807) is 6.92 Å². The van der Waals surface area contributed by atoms with Gasteiger partial charge in [-0.2, -0.15) is 5.26 Å². The predicted molar refractivity (Wildman–Crippen MR) is 121 cm³/mol. The first-order valence-corrected chi connectivity index (χ1v) is 11.4. The summed E-state index contributed by atoms with van der Waals surface area (Å²) in [6, 6.07) is 1.55. The first-order valence-electron chi connectivity index (χ1n) is 11.4. The van der Waals surface area contributed by atoms with Crippen LogP contribution in [0.2, 0.25) is 0 Å². The highest BCUT2D eigenvalue weighted by atomic mass is 16.5. The first-order chi connectivity index (χ1) is 15.1. The molecule has 0 aromatic heterocycles. The number of likely N-dealkylation sites (tertiary alicyclic amines) is 1. The SMILES string of the molecule is CCOC(=O)NC(=N[C@@H](CC(C)(C)C)C(=O)NC1(C#N)CCN(CC)C1)N1CCOCC1. The summed E-state index contributed by atoms with van der Waals surface area (Å²) in [7, 11) is 0. The molecule has 180 valence electrons. The average molecular weight is 451 g/mol. The second-order valence-corrected chi connectivity index (χ2v) is 9.48. The Hall–Kier alpha value is -2.38. The van der Waals surface area contributed by atoms with Crippen LogP contribution >= 0.6 is 0 Å². The van der Waals surface area contributed by atoms with E-state index in [0.29, 0.717) is 51.6 Å². The van der Waals surface area contributed by atoms with Gasteiger partial charge in [-0.15, -0.1) is 0 Å². The Labute approximate surface area is 191 Å². The van der Waals surface area contributed by atoms with E-state index in [1.807, 2.05) is 32.6 Å². The minimum atomic E-state index is -0.924. The molecular weight excluding hydrogens is 412 g/mol. The number of ether oxygens (including phenoxy) is 2. The van der Waals surface area contributed by atoms with Crippen molar-refractivity contribution >= 4 is 18.0 Å². The molecule has 2 fully saturated rings. The number of nitrogens with one attached hydrogen (secondary N) is 2. The monoisotopic (exact) mass is 450 g/mol. The van der Waals surface area contributed by atoms with Gasteiger partial charge in [0.05, 0.1) is 25.9 Å². The molecule has 2 aliphatic rings. The number of rotatable bonds is 6. The molecular formula is C22H38N6O4. The summed E-state index contributed by atoms with van der Waals surface area (Å²) in [6.07, 6.45) is 0.415. The zero-order valence-corrected chi connectivity index (χ0v) is 20.1. The highest BCUT2D eigenvalue weighted by Gasteiger charge is 2.41. The van der Waals surface area contributed by atoms with Gasteiger partial charge in [0.15, 0.2) is 0 Å². The van der Waals surface area contributed by atoms with Crippen molar-refractivity contribution in [1.29, 1.82) is 5.26 Å². The number of carbonyl (C=O) groups excluding carboxylic acids is 2. The number of amides is 2. The molecule has 2 atom stereocenters. The van der Waals surface area contributed by atoms with Crippen molar-refractivity contribution in [2.24, 2.45) is 10.4 Å². The number of nitriles is 1. The van der Waals surface area contributed by atoms with E-state index in [1.165, 1.54) is 0 Å². The van der Waals surface area contributed by atoms with Crippen LogP contribution < -0.4 is 10.6 Å². The summed E-state index contributed by atoms with van der Waals surface area (Å²) in [6.45, 7) is 14.3. The van der Waals surface area contributed by atoms with Crippen LogP contribution in [0.5, 0.6) is 0 Å². The van der Waals surface area contributed by atoms with Crippen LogP contribution in [0.3, 0.4) is 0 Å². The lowest BCUT2D eigenvalue weighted by molar-refractivity contribution is -0.124. The van der Waals surface area contributed by atoms with Gasteiger partial charge in [0.2, 0.25) is 11.9 Å². The molecule has 0 aromatic rings. The van der Waals surface area contributed by atoms with Crippen molar-refractivity contribution in [1.82, 2.24) is 20.4 Å². The van der Waals surface area contributed by atoms with Crippen molar-refractivity contribution in [3.63, 3.8) is 0 Å². The Morgan fingerprint density at radius 1 is 1.25 bits per heavy atom. The van der Waals surface area contributed by atoms with E-state index in [0.717, 1.165) is 13.1 Å². The summed E-state index contributed by atoms with van der Waals surface area (Å²) in [5.41, 5.74) is -1.12. The van der Waals surface area contributed by atoms with Crippen molar-refractivity contribution in [2.45, 2.75) is 59.0 Å². The number of nitrogens with zero attached hydrogens (tertiary/aromatic N) is 4. The first kappa shape index (κ1) is 25.9. The van der Waals surface area contributed by atoms with Crippen molar-refractivity contribution in [3.8, 4) is 6.07 Å². The fourth-order valence-electron chi connectivity index (χ4n) is 3.85. The van der Waals surface area contributed by atoms with Crippen LogP contribution in [-0.2, 0) is 14.3 Å². The van der Waals surface area contributed by atoms with Gasteiger partial charge in [0.1, 0.15) is 11.6 Å². The van der Waals surface area contributed by atoms with Crippen LogP contribution in [0, 0.1) is 16.7 Å². The number of hydrogen-bond acceptors (Lipinski definition) is 7. The van der Waals surface area contributed by atoms with E-state index in [-0.39, 0.29) is 17.9 Å². The third-order valence-electron chi connectivity index (χ3n) is 5.56. The van der Waals surface area contributed by atoms with E-state index in [4.69, 9.17) is 14.5 Å². The third-order valence-corrected chi connectivity index (χ3v) is 5.56. The number of hydrogen-bond donors (Lipinski definition) is 2. The van der Waals surface area contributed by atoms with Gasteiger partial charge in [-0.05, 0) is 31.7 Å². The molecule has 1 unspecified atom stereocenters. The van der Waals surface area contributed by atoms with Gasteiger partial charge in [-0.25, -0.2) is 9.79 Å². The zero-order valence-electron chi connectivity index (χ0n) is 20.1. The summed E-state index contributed by atoms with van der Waals surface area (Å²) in [5.74, 6) is -0.0142. The molecule has 2 heterocycles. The molecule has 2 aliphatic heterocycles. The number of aliphatic imine (C=N–C) groups is 1. The Bertz CT molecular complexity index is 723. The maximum absolute atomic E-state index is 13.4. The lowest BCUT2D eigenvalue weighted by atomic mass is 9.87.